The summed E-state index contributed by atoms with van der Waals surface area (Å²) in [6.07, 6.45) is 1.13. The minimum Gasteiger partial charge on any atom is -0.508 e. The van der Waals surface area contributed by atoms with Gasteiger partial charge in [0.05, 0.1) is 0 Å². The van der Waals surface area contributed by atoms with Gasteiger partial charge in [-0.05, 0) is 29.8 Å². The molecular formula is C13H11N3O3S. The number of sulfonamides is 1. The summed E-state index contributed by atoms with van der Waals surface area (Å²) in [5.41, 5.74) is 0.784. The maximum absolute atomic E-state index is 12.0. The minimum atomic E-state index is -3.70. The monoisotopic (exact) mass is 289 g/mol. The van der Waals surface area contributed by atoms with Crippen LogP contribution in [-0.4, -0.2) is 18.5 Å². The molecule has 1 heterocycles. The van der Waals surface area contributed by atoms with E-state index in [9.17, 15) is 13.5 Å². The van der Waals surface area contributed by atoms with Crippen LogP contribution in [0.3, 0.4) is 0 Å². The van der Waals surface area contributed by atoms with Crippen LogP contribution in [0.25, 0.3) is 0 Å². The molecule has 2 rings (SSSR count). The average molecular weight is 289 g/mol. The first-order chi connectivity index (χ1) is 9.51. The number of rotatable bonds is 4. The van der Waals surface area contributed by atoms with E-state index in [0.29, 0.717) is 5.56 Å². The van der Waals surface area contributed by atoms with E-state index in [4.69, 9.17) is 5.26 Å². The highest BCUT2D eigenvalue weighted by Gasteiger charge is 2.14. The van der Waals surface area contributed by atoms with Crippen molar-refractivity contribution in [3.05, 3.63) is 53.9 Å². The lowest BCUT2D eigenvalue weighted by Crippen LogP contribution is -2.23. The standard InChI is InChI=1S/C13H11N3O3S/c14-7-11-4-5-13(9-15-11)20(18,19)16-8-10-2-1-3-12(17)6-10/h1-6,9,16-17H,8H2. The average Bonchev–Trinajstić information content (AvgIpc) is 2.45. The van der Waals surface area contributed by atoms with Gasteiger partial charge in [-0.3, -0.25) is 0 Å². The number of phenolic OH excluding ortho intramolecular Hbond substituents is 1. The second-order valence-corrected chi connectivity index (χ2v) is 5.75. The van der Waals surface area contributed by atoms with Crippen molar-refractivity contribution in [2.45, 2.75) is 11.4 Å². The summed E-state index contributed by atoms with van der Waals surface area (Å²) in [5.74, 6) is 0.0711. The second-order valence-electron chi connectivity index (χ2n) is 3.99. The van der Waals surface area contributed by atoms with Crippen molar-refractivity contribution >= 4 is 10.0 Å². The molecule has 20 heavy (non-hydrogen) atoms. The van der Waals surface area contributed by atoms with E-state index in [1.165, 1.54) is 24.3 Å². The molecule has 2 N–H and O–H groups in total. The first-order valence-corrected chi connectivity index (χ1v) is 7.13. The van der Waals surface area contributed by atoms with E-state index in [1.54, 1.807) is 12.1 Å². The Balaban J connectivity index is 2.13. The molecule has 0 amide bonds. The molecule has 0 aliphatic carbocycles. The topological polar surface area (TPSA) is 103 Å². The fourth-order valence-electron chi connectivity index (χ4n) is 1.53. The van der Waals surface area contributed by atoms with Crippen LogP contribution in [0.4, 0.5) is 0 Å². The third-order valence-corrected chi connectivity index (χ3v) is 3.92. The summed E-state index contributed by atoms with van der Waals surface area (Å²) in [5, 5.41) is 17.9. The Hall–Kier alpha value is -2.43. The first kappa shape index (κ1) is 14.0. The van der Waals surface area contributed by atoms with Crippen LogP contribution in [0.1, 0.15) is 11.3 Å². The molecule has 0 atom stereocenters. The van der Waals surface area contributed by atoms with Crippen LogP contribution in [0.15, 0.2) is 47.5 Å². The van der Waals surface area contributed by atoms with Crippen molar-refractivity contribution in [2.24, 2.45) is 0 Å². The lowest BCUT2D eigenvalue weighted by atomic mass is 10.2. The predicted molar refractivity (Wildman–Crippen MR) is 71.1 cm³/mol. The second kappa shape index (κ2) is 5.69. The summed E-state index contributed by atoms with van der Waals surface area (Å²) >= 11 is 0. The van der Waals surface area contributed by atoms with Crippen molar-refractivity contribution in [1.29, 1.82) is 5.26 Å². The van der Waals surface area contributed by atoms with Crippen molar-refractivity contribution in [2.75, 3.05) is 0 Å². The molecule has 0 aliphatic heterocycles. The van der Waals surface area contributed by atoms with Gasteiger partial charge < -0.3 is 5.11 Å². The van der Waals surface area contributed by atoms with E-state index in [-0.39, 0.29) is 22.9 Å². The molecule has 0 saturated heterocycles. The SMILES string of the molecule is N#Cc1ccc(S(=O)(=O)NCc2cccc(O)c2)cn1. The summed E-state index contributed by atoms with van der Waals surface area (Å²) in [6.45, 7) is 0.0523. The zero-order valence-electron chi connectivity index (χ0n) is 10.3. The first-order valence-electron chi connectivity index (χ1n) is 5.65. The molecule has 0 aliphatic rings. The smallest absolute Gasteiger partial charge is 0.242 e. The Morgan fingerprint density at radius 1 is 1.30 bits per heavy atom. The Labute approximate surface area is 116 Å². The van der Waals surface area contributed by atoms with Crippen LogP contribution >= 0.6 is 0 Å². The van der Waals surface area contributed by atoms with Gasteiger partial charge in [-0.15, -0.1) is 0 Å². The maximum atomic E-state index is 12.0. The molecule has 2 aromatic rings. The van der Waals surface area contributed by atoms with Crippen LogP contribution in [0.2, 0.25) is 0 Å². The highest BCUT2D eigenvalue weighted by molar-refractivity contribution is 7.89. The Morgan fingerprint density at radius 3 is 2.70 bits per heavy atom. The van der Waals surface area contributed by atoms with Gasteiger partial charge in [-0.1, -0.05) is 12.1 Å². The van der Waals surface area contributed by atoms with Crippen LogP contribution in [0, 0.1) is 11.3 Å². The van der Waals surface area contributed by atoms with E-state index < -0.39 is 10.0 Å². The number of aromatic hydroxyl groups is 1. The predicted octanol–water partition coefficient (Wildman–Crippen LogP) is 1.14. The van der Waals surface area contributed by atoms with Crippen molar-refractivity contribution < 1.29 is 13.5 Å². The molecule has 0 radical (unpaired) electrons. The molecule has 7 heteroatoms. The zero-order valence-corrected chi connectivity index (χ0v) is 11.1. The van der Waals surface area contributed by atoms with Crippen LogP contribution < -0.4 is 4.72 Å². The van der Waals surface area contributed by atoms with Gasteiger partial charge >= 0.3 is 0 Å². The number of benzene rings is 1. The number of nitrogens with zero attached hydrogens (tertiary/aromatic N) is 2. The van der Waals surface area contributed by atoms with Crippen molar-refractivity contribution in [3.63, 3.8) is 0 Å². The van der Waals surface area contributed by atoms with Gasteiger partial charge in [0.25, 0.3) is 0 Å². The number of nitrogens with one attached hydrogen (secondary N) is 1. The maximum Gasteiger partial charge on any atom is 0.242 e. The summed E-state index contributed by atoms with van der Waals surface area (Å²) in [4.78, 5) is 3.70. The fraction of sp³-hybridized carbons (Fsp3) is 0.0769. The van der Waals surface area contributed by atoms with Crippen molar-refractivity contribution in [3.8, 4) is 11.8 Å². The zero-order chi connectivity index (χ0) is 14.6. The molecule has 1 aromatic heterocycles. The Kier molecular flexibility index (Phi) is 3.98. The van der Waals surface area contributed by atoms with Crippen LogP contribution in [-0.2, 0) is 16.6 Å². The third kappa shape index (κ3) is 3.32. The van der Waals surface area contributed by atoms with Gasteiger partial charge in [0.2, 0.25) is 10.0 Å². The Bertz CT molecular complexity index is 749. The number of phenols is 1. The quantitative estimate of drug-likeness (QED) is 0.878. The van der Waals surface area contributed by atoms with Gasteiger partial charge in [0, 0.05) is 12.7 Å². The lowest BCUT2D eigenvalue weighted by molar-refractivity contribution is 0.474. The van der Waals surface area contributed by atoms with Crippen LogP contribution in [0.5, 0.6) is 5.75 Å². The number of pyridine rings is 1. The van der Waals surface area contributed by atoms with E-state index in [0.717, 1.165) is 6.20 Å². The molecule has 0 fully saturated rings. The Morgan fingerprint density at radius 2 is 2.10 bits per heavy atom. The summed E-state index contributed by atoms with van der Waals surface area (Å²) in [6, 6.07) is 10.8. The minimum absolute atomic E-state index is 0.0170. The lowest BCUT2D eigenvalue weighted by Gasteiger charge is -2.06. The molecule has 0 spiro atoms. The molecule has 0 unspecified atom stereocenters. The number of aromatic nitrogens is 1. The highest BCUT2D eigenvalue weighted by atomic mass is 32.2. The van der Waals surface area contributed by atoms with E-state index in [1.807, 2.05) is 6.07 Å². The molecule has 102 valence electrons. The molecule has 0 saturated carbocycles. The molecule has 0 bridgehead atoms. The summed E-state index contributed by atoms with van der Waals surface area (Å²) in [7, 11) is -3.70. The largest absolute Gasteiger partial charge is 0.508 e. The van der Waals surface area contributed by atoms with Gasteiger partial charge in [-0.25, -0.2) is 18.1 Å². The van der Waals surface area contributed by atoms with E-state index in [2.05, 4.69) is 9.71 Å². The number of hydrogen-bond donors (Lipinski definition) is 2. The molecule has 1 aromatic carbocycles. The summed E-state index contributed by atoms with van der Waals surface area (Å²) < 4.78 is 26.4. The fourth-order valence-corrected chi connectivity index (χ4v) is 2.50. The number of nitriles is 1. The van der Waals surface area contributed by atoms with E-state index >= 15 is 0 Å². The normalized spacial score (nSPS) is 10.9. The van der Waals surface area contributed by atoms with Gasteiger partial charge in [0.1, 0.15) is 22.4 Å². The third-order valence-electron chi connectivity index (χ3n) is 2.54. The van der Waals surface area contributed by atoms with Gasteiger partial charge in [-0.2, -0.15) is 5.26 Å². The molecular weight excluding hydrogens is 278 g/mol. The highest BCUT2D eigenvalue weighted by Crippen LogP contribution is 2.12. The van der Waals surface area contributed by atoms with Crippen molar-refractivity contribution in [1.82, 2.24) is 9.71 Å². The number of hydrogen-bond acceptors (Lipinski definition) is 5. The molecule has 6 nitrogen and oxygen atoms in total. The van der Waals surface area contributed by atoms with Gasteiger partial charge in [0.15, 0.2) is 0 Å².